The minimum Gasteiger partial charge on any atom is -0.338 e. The summed E-state index contributed by atoms with van der Waals surface area (Å²) < 4.78 is 0. The summed E-state index contributed by atoms with van der Waals surface area (Å²) in [5, 5.41) is 3.38. The van der Waals surface area contributed by atoms with E-state index in [0.717, 1.165) is 56.0 Å². The molecule has 5 nitrogen and oxygen atoms in total. The van der Waals surface area contributed by atoms with E-state index in [1.165, 1.54) is 0 Å². The molecule has 1 N–H and O–H groups in total. The highest BCUT2D eigenvalue weighted by Crippen LogP contribution is 2.25. The van der Waals surface area contributed by atoms with Crippen molar-refractivity contribution in [3.05, 3.63) is 23.3 Å². The molecule has 120 valence electrons. The predicted octanol–water partition coefficient (Wildman–Crippen LogP) is 1.87. The van der Waals surface area contributed by atoms with Crippen molar-refractivity contribution in [1.82, 2.24) is 20.2 Å². The van der Waals surface area contributed by atoms with Crippen LogP contribution in [0.5, 0.6) is 0 Å². The maximum atomic E-state index is 12.2. The Bertz CT molecular complexity index is 537. The van der Waals surface area contributed by atoms with Crippen LogP contribution in [0.4, 0.5) is 0 Å². The average Bonchev–Trinajstić information content (AvgIpc) is 2.54. The first-order valence-corrected chi connectivity index (χ1v) is 8.46. The monoisotopic (exact) mass is 302 g/mol. The van der Waals surface area contributed by atoms with Gasteiger partial charge in [0.05, 0.1) is 5.69 Å². The zero-order valence-corrected chi connectivity index (χ0v) is 13.6. The van der Waals surface area contributed by atoms with Gasteiger partial charge in [-0.1, -0.05) is 13.8 Å². The Morgan fingerprint density at radius 2 is 2.18 bits per heavy atom. The van der Waals surface area contributed by atoms with Crippen LogP contribution in [0, 0.1) is 5.92 Å². The highest BCUT2D eigenvalue weighted by molar-refractivity contribution is 5.76. The van der Waals surface area contributed by atoms with Crippen LogP contribution in [0.15, 0.2) is 6.20 Å². The van der Waals surface area contributed by atoms with Crippen molar-refractivity contribution < 1.29 is 4.79 Å². The minimum absolute atomic E-state index is 0.253. The lowest BCUT2D eigenvalue weighted by atomic mass is 9.96. The Hall–Kier alpha value is -1.49. The predicted molar refractivity (Wildman–Crippen MR) is 85.5 cm³/mol. The summed E-state index contributed by atoms with van der Waals surface area (Å²) in [4.78, 5) is 23.6. The molecule has 0 atom stereocenters. The topological polar surface area (TPSA) is 58.1 Å². The third-order valence-corrected chi connectivity index (χ3v) is 4.59. The highest BCUT2D eigenvalue weighted by Gasteiger charge is 2.24. The third-order valence-electron chi connectivity index (χ3n) is 4.59. The molecule has 1 fully saturated rings. The van der Waals surface area contributed by atoms with Crippen LogP contribution in [-0.2, 0) is 17.8 Å². The smallest absolute Gasteiger partial charge is 0.223 e. The Labute approximate surface area is 132 Å². The summed E-state index contributed by atoms with van der Waals surface area (Å²) in [5.74, 6) is 2.16. The molecule has 3 heterocycles. The van der Waals surface area contributed by atoms with Crippen LogP contribution in [0.1, 0.15) is 56.1 Å². The van der Waals surface area contributed by atoms with Crippen molar-refractivity contribution >= 4 is 5.91 Å². The van der Waals surface area contributed by atoms with Gasteiger partial charge in [0.25, 0.3) is 0 Å². The van der Waals surface area contributed by atoms with Gasteiger partial charge in [-0.25, -0.2) is 9.97 Å². The molecule has 1 aromatic rings. The number of carbonyl (C=O) groups excluding carboxylic acids is 1. The fourth-order valence-electron chi connectivity index (χ4n) is 3.30. The average molecular weight is 302 g/mol. The van der Waals surface area contributed by atoms with E-state index in [4.69, 9.17) is 4.98 Å². The fraction of sp³-hybridized carbons (Fsp3) is 0.706. The molecular weight excluding hydrogens is 276 g/mol. The van der Waals surface area contributed by atoms with Crippen molar-refractivity contribution in [2.24, 2.45) is 5.92 Å². The lowest BCUT2D eigenvalue weighted by Gasteiger charge is -2.29. The molecule has 0 spiro atoms. The number of hydrogen-bond donors (Lipinski definition) is 1. The quantitative estimate of drug-likeness (QED) is 0.926. The largest absolute Gasteiger partial charge is 0.338 e. The number of carbonyl (C=O) groups is 1. The standard InChI is InChI=1S/C17H26N4O/c1-12(2)9-16(22)21-8-5-15-14(11-21)10-19-17(20-15)13-3-6-18-7-4-13/h10,12-13,18H,3-9,11H2,1-2H3. The molecule has 0 aliphatic carbocycles. The number of nitrogens with zero attached hydrogens (tertiary/aromatic N) is 3. The van der Waals surface area contributed by atoms with Crippen LogP contribution >= 0.6 is 0 Å². The number of piperidine rings is 1. The van der Waals surface area contributed by atoms with Crippen LogP contribution in [0.25, 0.3) is 0 Å². The van der Waals surface area contributed by atoms with E-state index in [9.17, 15) is 4.79 Å². The maximum absolute atomic E-state index is 12.2. The van der Waals surface area contributed by atoms with Gasteiger partial charge in [-0.15, -0.1) is 0 Å². The summed E-state index contributed by atoms with van der Waals surface area (Å²) in [6.07, 6.45) is 5.69. The van der Waals surface area contributed by atoms with Crippen molar-refractivity contribution in [2.45, 2.75) is 52.0 Å². The second-order valence-corrected chi connectivity index (χ2v) is 6.89. The Morgan fingerprint density at radius 3 is 2.91 bits per heavy atom. The van der Waals surface area contributed by atoms with Gasteiger partial charge in [-0.05, 0) is 31.8 Å². The number of nitrogens with one attached hydrogen (secondary N) is 1. The summed E-state index contributed by atoms with van der Waals surface area (Å²) in [7, 11) is 0. The molecule has 0 unspecified atom stereocenters. The van der Waals surface area contributed by atoms with E-state index in [-0.39, 0.29) is 5.91 Å². The molecule has 2 aliphatic heterocycles. The van der Waals surface area contributed by atoms with Gasteiger partial charge in [-0.2, -0.15) is 0 Å². The SMILES string of the molecule is CC(C)CC(=O)N1CCc2nc(C3CCNCC3)ncc2C1. The Balaban J connectivity index is 1.69. The number of fused-ring (bicyclic) bond motifs is 1. The molecule has 0 aromatic carbocycles. The summed E-state index contributed by atoms with van der Waals surface area (Å²) in [6, 6.07) is 0. The highest BCUT2D eigenvalue weighted by atomic mass is 16.2. The molecule has 1 aromatic heterocycles. The molecule has 0 bridgehead atoms. The fourth-order valence-corrected chi connectivity index (χ4v) is 3.30. The van der Waals surface area contributed by atoms with Gasteiger partial charge in [0, 0.05) is 43.6 Å². The number of amides is 1. The van der Waals surface area contributed by atoms with Gasteiger partial charge >= 0.3 is 0 Å². The van der Waals surface area contributed by atoms with Gasteiger partial charge in [0.1, 0.15) is 5.82 Å². The van der Waals surface area contributed by atoms with Crippen LogP contribution in [-0.4, -0.2) is 40.4 Å². The van der Waals surface area contributed by atoms with E-state index in [1.807, 2.05) is 11.1 Å². The van der Waals surface area contributed by atoms with Crippen molar-refractivity contribution in [1.29, 1.82) is 0 Å². The first-order valence-electron chi connectivity index (χ1n) is 8.46. The van der Waals surface area contributed by atoms with E-state index in [2.05, 4.69) is 24.1 Å². The Kier molecular flexibility index (Phi) is 4.71. The number of rotatable bonds is 3. The van der Waals surface area contributed by atoms with Crippen molar-refractivity contribution in [3.8, 4) is 0 Å². The molecule has 1 saturated heterocycles. The lowest BCUT2D eigenvalue weighted by Crippen LogP contribution is -2.37. The zero-order chi connectivity index (χ0) is 15.5. The summed E-state index contributed by atoms with van der Waals surface area (Å²) in [6.45, 7) is 7.76. The molecular formula is C17H26N4O. The number of aromatic nitrogens is 2. The number of hydrogen-bond acceptors (Lipinski definition) is 4. The van der Waals surface area contributed by atoms with Gasteiger partial charge in [-0.3, -0.25) is 4.79 Å². The van der Waals surface area contributed by atoms with E-state index < -0.39 is 0 Å². The first-order chi connectivity index (χ1) is 10.6. The maximum Gasteiger partial charge on any atom is 0.223 e. The second kappa shape index (κ2) is 6.73. The molecule has 0 radical (unpaired) electrons. The summed E-state index contributed by atoms with van der Waals surface area (Å²) >= 11 is 0. The van der Waals surface area contributed by atoms with Crippen LogP contribution < -0.4 is 5.32 Å². The lowest BCUT2D eigenvalue weighted by molar-refractivity contribution is -0.132. The van der Waals surface area contributed by atoms with E-state index >= 15 is 0 Å². The van der Waals surface area contributed by atoms with Crippen LogP contribution in [0.3, 0.4) is 0 Å². The second-order valence-electron chi connectivity index (χ2n) is 6.89. The molecule has 1 amide bonds. The Morgan fingerprint density at radius 1 is 1.41 bits per heavy atom. The van der Waals surface area contributed by atoms with Crippen molar-refractivity contribution in [2.75, 3.05) is 19.6 Å². The normalized spacial score (nSPS) is 19.3. The van der Waals surface area contributed by atoms with Gasteiger partial charge in [0.2, 0.25) is 5.91 Å². The minimum atomic E-state index is 0.253. The molecule has 3 rings (SSSR count). The molecule has 22 heavy (non-hydrogen) atoms. The molecule has 0 saturated carbocycles. The van der Waals surface area contributed by atoms with Crippen molar-refractivity contribution in [3.63, 3.8) is 0 Å². The molecule has 5 heteroatoms. The first kappa shape index (κ1) is 15.4. The van der Waals surface area contributed by atoms with Gasteiger partial charge < -0.3 is 10.2 Å². The third kappa shape index (κ3) is 3.46. The van der Waals surface area contributed by atoms with E-state index in [0.29, 0.717) is 24.8 Å². The van der Waals surface area contributed by atoms with Crippen LogP contribution in [0.2, 0.25) is 0 Å². The van der Waals surface area contributed by atoms with Gasteiger partial charge in [0.15, 0.2) is 0 Å². The summed E-state index contributed by atoms with van der Waals surface area (Å²) in [5.41, 5.74) is 2.28. The zero-order valence-electron chi connectivity index (χ0n) is 13.6. The van der Waals surface area contributed by atoms with E-state index in [1.54, 1.807) is 0 Å². The molecule has 2 aliphatic rings.